The molecule has 8 atom stereocenters. The van der Waals surface area contributed by atoms with Crippen LogP contribution in [0.5, 0.6) is 0 Å². The predicted molar refractivity (Wildman–Crippen MR) is 113 cm³/mol. The number of thioether (sulfide) groups is 1. The first-order valence-corrected chi connectivity index (χ1v) is 11.6. The Balaban J connectivity index is 2.74. The molecule has 1 fully saturated rings. The lowest BCUT2D eigenvalue weighted by atomic mass is 9.92. The molecule has 0 radical (unpaired) electrons. The second-order valence-corrected chi connectivity index (χ2v) is 9.19. The molecule has 0 spiro atoms. The van der Waals surface area contributed by atoms with Gasteiger partial charge in [0.15, 0.2) is 0 Å². The predicted octanol–water partition coefficient (Wildman–Crippen LogP) is 1.08. The smallest absolute Gasteiger partial charge is 0.220 e. The Bertz CT molecular complexity index is 516. The number of hydrogen-bond acceptors (Lipinski definition) is 8. The summed E-state index contributed by atoms with van der Waals surface area (Å²) >= 11 is 7.45. The molecule has 1 rings (SSSR count). The summed E-state index contributed by atoms with van der Waals surface area (Å²) in [5.41, 5.74) is -0.742. The van der Waals surface area contributed by atoms with Gasteiger partial charge in [-0.1, -0.05) is 13.3 Å². The molecule has 0 bridgehead atoms. The van der Waals surface area contributed by atoms with Crippen molar-refractivity contribution in [1.82, 2.24) is 10.3 Å². The van der Waals surface area contributed by atoms with Gasteiger partial charge in [0, 0.05) is 20.0 Å². The molecular formula is C18H34ClN3O6S. The van der Waals surface area contributed by atoms with E-state index in [4.69, 9.17) is 16.3 Å². The Labute approximate surface area is 181 Å². The monoisotopic (exact) mass is 455 g/mol. The van der Waals surface area contributed by atoms with Gasteiger partial charge < -0.3 is 25.4 Å². The van der Waals surface area contributed by atoms with E-state index in [-0.39, 0.29) is 18.2 Å². The number of hydrogen-bond donors (Lipinski definition) is 4. The minimum Gasteiger partial charge on any atom is -0.388 e. The first-order chi connectivity index (χ1) is 13.7. The summed E-state index contributed by atoms with van der Waals surface area (Å²) in [7, 11) is 1.60. The Kier molecular flexibility index (Phi) is 11.7. The fourth-order valence-electron chi connectivity index (χ4n) is 3.56. The van der Waals surface area contributed by atoms with E-state index in [0.717, 1.165) is 12.8 Å². The molecule has 0 aromatic carbocycles. The van der Waals surface area contributed by atoms with Crippen molar-refractivity contribution in [3.05, 3.63) is 4.91 Å². The fourth-order valence-corrected chi connectivity index (χ4v) is 4.44. The number of alkyl halides is 1. The zero-order valence-electron chi connectivity index (χ0n) is 17.4. The first-order valence-electron chi connectivity index (χ1n) is 9.86. The number of amides is 1. The number of carbonyl (C=O) groups is 1. The van der Waals surface area contributed by atoms with Crippen molar-refractivity contribution in [2.45, 2.75) is 80.8 Å². The Morgan fingerprint density at radius 3 is 2.45 bits per heavy atom. The fraction of sp³-hybridized carbons (Fsp3) is 0.944. The summed E-state index contributed by atoms with van der Waals surface area (Å²) in [4.78, 5) is 23.2. The number of aliphatic hydroxyl groups is 3. The number of ether oxygens (including phenoxy) is 1. The highest BCUT2D eigenvalue weighted by Gasteiger charge is 2.47. The molecule has 0 saturated carbocycles. The van der Waals surface area contributed by atoms with E-state index in [9.17, 15) is 25.0 Å². The van der Waals surface area contributed by atoms with E-state index < -0.39 is 41.3 Å². The van der Waals surface area contributed by atoms with Crippen molar-refractivity contribution in [3.63, 3.8) is 0 Å². The molecule has 1 aliphatic rings. The maximum atomic E-state index is 12.5. The lowest BCUT2D eigenvalue weighted by molar-refractivity contribution is -0.205. The van der Waals surface area contributed by atoms with Crippen LogP contribution in [0.4, 0.5) is 0 Å². The summed E-state index contributed by atoms with van der Waals surface area (Å²) in [5, 5.41) is 36.9. The molecule has 9 nitrogen and oxygen atoms in total. The number of halogens is 1. The molecule has 0 aromatic rings. The zero-order valence-corrected chi connectivity index (χ0v) is 19.0. The van der Waals surface area contributed by atoms with Gasteiger partial charge in [0.2, 0.25) is 5.91 Å². The maximum absolute atomic E-state index is 12.5. The van der Waals surface area contributed by atoms with Crippen molar-refractivity contribution >= 4 is 29.3 Å². The Hall–Kier alpha value is -0.650. The van der Waals surface area contributed by atoms with Crippen molar-refractivity contribution in [3.8, 4) is 0 Å². The molecule has 1 saturated heterocycles. The summed E-state index contributed by atoms with van der Waals surface area (Å²) in [6.07, 6.45) is -0.683. The molecule has 1 aliphatic heterocycles. The number of nitrogens with zero attached hydrogens (tertiary/aromatic N) is 2. The quantitative estimate of drug-likeness (QED) is 0.195. The Morgan fingerprint density at radius 1 is 1.28 bits per heavy atom. The summed E-state index contributed by atoms with van der Waals surface area (Å²) in [6, 6.07) is -0.750. The zero-order chi connectivity index (χ0) is 22.1. The minimum absolute atomic E-state index is 0.148. The van der Waals surface area contributed by atoms with Crippen molar-refractivity contribution in [1.29, 1.82) is 0 Å². The highest BCUT2D eigenvalue weighted by Crippen LogP contribution is 2.30. The van der Waals surface area contributed by atoms with E-state index in [1.807, 2.05) is 6.92 Å². The van der Waals surface area contributed by atoms with Gasteiger partial charge >= 0.3 is 0 Å². The van der Waals surface area contributed by atoms with Gasteiger partial charge in [0.1, 0.15) is 29.9 Å². The molecule has 29 heavy (non-hydrogen) atoms. The molecular weight excluding hydrogens is 422 g/mol. The third kappa shape index (κ3) is 7.84. The third-order valence-electron chi connectivity index (χ3n) is 5.15. The SMILES string of the molecule is CCC[C@H](CCC(=O)N[C@@H]([C@H]1O[C@H](SC)[C@H](O)[C@@H](O)[C@H]1O)[C@H](C)Cl)CN(C)N=O. The second kappa shape index (κ2) is 12.9. The molecule has 170 valence electrons. The van der Waals surface area contributed by atoms with Gasteiger partial charge in [-0.05, 0) is 31.9 Å². The summed E-state index contributed by atoms with van der Waals surface area (Å²) in [5.74, 6) is -0.114. The molecule has 0 aromatic heterocycles. The van der Waals surface area contributed by atoms with E-state index in [2.05, 4.69) is 10.6 Å². The van der Waals surface area contributed by atoms with Crippen LogP contribution in [-0.2, 0) is 9.53 Å². The van der Waals surface area contributed by atoms with Crippen molar-refractivity contribution in [2.75, 3.05) is 19.8 Å². The molecule has 4 N–H and O–H groups in total. The van der Waals surface area contributed by atoms with Gasteiger partial charge in [-0.25, -0.2) is 0 Å². The lowest BCUT2D eigenvalue weighted by Gasteiger charge is -2.43. The van der Waals surface area contributed by atoms with Crippen LogP contribution in [0.3, 0.4) is 0 Å². The van der Waals surface area contributed by atoms with Crippen LogP contribution in [0.2, 0.25) is 0 Å². The van der Waals surface area contributed by atoms with Gasteiger partial charge in [-0.3, -0.25) is 9.80 Å². The van der Waals surface area contributed by atoms with Gasteiger partial charge in [0.25, 0.3) is 0 Å². The van der Waals surface area contributed by atoms with E-state index >= 15 is 0 Å². The van der Waals surface area contributed by atoms with Crippen molar-refractivity contribution < 1.29 is 24.9 Å². The standard InChI is InChI=1S/C18H34ClN3O6S/c1-5-6-11(9-22(3)21-27)7-8-12(23)20-13(10(2)19)17-15(25)14(24)16(26)18(28-17)29-4/h10-11,13-18,24-26H,5-9H2,1-4H3,(H,20,23)/t10-,11+,13+,14-,15+,16+,17+,18+/m0/s1. The number of carbonyl (C=O) groups excluding carboxylic acids is 1. The summed E-state index contributed by atoms with van der Waals surface area (Å²) < 4.78 is 5.74. The average molecular weight is 456 g/mol. The maximum Gasteiger partial charge on any atom is 0.220 e. The average Bonchev–Trinajstić information content (AvgIpc) is 2.69. The second-order valence-electron chi connectivity index (χ2n) is 7.56. The number of rotatable bonds is 12. The van der Waals surface area contributed by atoms with Gasteiger partial charge in [-0.2, -0.15) is 0 Å². The number of nitroso groups, excluding NO2 is 1. The van der Waals surface area contributed by atoms with Crippen LogP contribution in [0.1, 0.15) is 39.5 Å². The van der Waals surface area contributed by atoms with E-state index in [1.54, 1.807) is 20.2 Å². The van der Waals surface area contributed by atoms with Crippen LogP contribution < -0.4 is 5.32 Å². The third-order valence-corrected chi connectivity index (χ3v) is 6.28. The van der Waals surface area contributed by atoms with E-state index in [1.165, 1.54) is 16.8 Å². The van der Waals surface area contributed by atoms with Crippen LogP contribution in [0, 0.1) is 10.8 Å². The Morgan fingerprint density at radius 2 is 1.93 bits per heavy atom. The lowest BCUT2D eigenvalue weighted by Crippen LogP contribution is -2.64. The molecule has 0 aliphatic carbocycles. The van der Waals surface area contributed by atoms with Crippen LogP contribution in [0.15, 0.2) is 5.29 Å². The minimum atomic E-state index is -1.40. The highest BCUT2D eigenvalue weighted by atomic mass is 35.5. The molecule has 11 heteroatoms. The largest absolute Gasteiger partial charge is 0.388 e. The number of aliphatic hydroxyl groups excluding tert-OH is 3. The topological polar surface area (TPSA) is 132 Å². The summed E-state index contributed by atoms with van der Waals surface area (Å²) in [6.45, 7) is 4.18. The van der Waals surface area contributed by atoms with Crippen molar-refractivity contribution in [2.24, 2.45) is 11.2 Å². The highest BCUT2D eigenvalue weighted by molar-refractivity contribution is 7.99. The van der Waals surface area contributed by atoms with Gasteiger partial charge in [0.05, 0.1) is 16.7 Å². The van der Waals surface area contributed by atoms with Crippen LogP contribution in [0.25, 0.3) is 0 Å². The van der Waals surface area contributed by atoms with E-state index in [0.29, 0.717) is 13.0 Å². The molecule has 1 amide bonds. The normalized spacial score (nSPS) is 30.3. The first kappa shape index (κ1) is 26.4. The van der Waals surface area contributed by atoms with Crippen LogP contribution >= 0.6 is 23.4 Å². The number of nitrogens with one attached hydrogen (secondary N) is 1. The molecule has 1 heterocycles. The van der Waals surface area contributed by atoms with Crippen LogP contribution in [-0.4, -0.2) is 87.4 Å². The molecule has 0 unspecified atom stereocenters. The van der Waals surface area contributed by atoms with Gasteiger partial charge in [-0.15, -0.1) is 28.3 Å².